The minimum absolute atomic E-state index is 0.0757. The third-order valence-electron chi connectivity index (χ3n) is 3.89. The van der Waals surface area contributed by atoms with E-state index in [1.54, 1.807) is 18.2 Å². The van der Waals surface area contributed by atoms with Gasteiger partial charge >= 0.3 is 0 Å². The molecule has 0 saturated heterocycles. The lowest BCUT2D eigenvalue weighted by molar-refractivity contribution is -0.126. The van der Waals surface area contributed by atoms with Gasteiger partial charge < -0.3 is 9.84 Å². The first kappa shape index (κ1) is 12.4. The first-order valence-electron chi connectivity index (χ1n) is 6.49. The number of ketones is 1. The van der Waals surface area contributed by atoms with Crippen LogP contribution in [0.3, 0.4) is 0 Å². The van der Waals surface area contributed by atoms with Crippen LogP contribution in [-0.4, -0.2) is 23.1 Å². The molecule has 1 saturated carbocycles. The molecular formula is C15H15FO3. The third-order valence-corrected chi connectivity index (χ3v) is 3.89. The van der Waals surface area contributed by atoms with Crippen molar-refractivity contribution in [2.75, 3.05) is 0 Å². The number of carbonyl (C=O) groups is 1. The van der Waals surface area contributed by atoms with E-state index < -0.39 is 11.9 Å². The average molecular weight is 262 g/mol. The minimum atomic E-state index is -0.417. The van der Waals surface area contributed by atoms with Gasteiger partial charge in [0.15, 0.2) is 5.78 Å². The summed E-state index contributed by atoms with van der Waals surface area (Å²) in [5.41, 5.74) is 0.591. The van der Waals surface area contributed by atoms with Crippen molar-refractivity contribution in [3.05, 3.63) is 41.9 Å². The summed E-state index contributed by atoms with van der Waals surface area (Å²) < 4.78 is 19.3. The molecule has 2 aliphatic rings. The predicted octanol–water partition coefficient (Wildman–Crippen LogP) is 2.30. The first-order chi connectivity index (χ1) is 9.16. The number of benzene rings is 1. The maximum absolute atomic E-state index is 13.7. The standard InChI is InChI=1S/C15H15FO3/c16-13-4-2-1-3-10(13)12-8-19-14-7-9(17)5-6-11(14)15(12)18/h1-4,8-9,11,14,17H,5-7H2. The van der Waals surface area contributed by atoms with Crippen molar-refractivity contribution >= 4 is 11.4 Å². The zero-order valence-electron chi connectivity index (χ0n) is 10.4. The fourth-order valence-electron chi connectivity index (χ4n) is 2.85. The van der Waals surface area contributed by atoms with E-state index in [0.29, 0.717) is 24.8 Å². The zero-order chi connectivity index (χ0) is 13.4. The molecule has 3 atom stereocenters. The van der Waals surface area contributed by atoms with Crippen molar-refractivity contribution in [2.24, 2.45) is 5.92 Å². The van der Waals surface area contributed by atoms with Gasteiger partial charge in [0.25, 0.3) is 0 Å². The van der Waals surface area contributed by atoms with E-state index in [4.69, 9.17) is 4.74 Å². The Morgan fingerprint density at radius 3 is 2.84 bits per heavy atom. The summed E-state index contributed by atoms with van der Waals surface area (Å²) >= 11 is 0. The highest BCUT2D eigenvalue weighted by Gasteiger charge is 2.40. The normalized spacial score (nSPS) is 30.3. The van der Waals surface area contributed by atoms with E-state index in [9.17, 15) is 14.3 Å². The molecule has 0 aromatic heterocycles. The Morgan fingerprint density at radius 2 is 2.05 bits per heavy atom. The van der Waals surface area contributed by atoms with Crippen LogP contribution in [0, 0.1) is 11.7 Å². The summed E-state index contributed by atoms with van der Waals surface area (Å²) in [6.07, 6.45) is 2.33. The van der Waals surface area contributed by atoms with E-state index in [-0.39, 0.29) is 23.4 Å². The monoisotopic (exact) mass is 262 g/mol. The van der Waals surface area contributed by atoms with E-state index in [1.807, 2.05) is 0 Å². The molecule has 3 rings (SSSR count). The number of rotatable bonds is 1. The van der Waals surface area contributed by atoms with Gasteiger partial charge in [0.2, 0.25) is 0 Å². The van der Waals surface area contributed by atoms with Crippen LogP contribution in [0.25, 0.3) is 5.57 Å². The van der Waals surface area contributed by atoms with Gasteiger partial charge in [-0.3, -0.25) is 4.79 Å². The largest absolute Gasteiger partial charge is 0.496 e. The highest BCUT2D eigenvalue weighted by Crippen LogP contribution is 2.36. The van der Waals surface area contributed by atoms with Crippen molar-refractivity contribution in [1.82, 2.24) is 0 Å². The van der Waals surface area contributed by atoms with E-state index in [0.717, 1.165) is 0 Å². The molecule has 1 aliphatic heterocycles. The molecule has 0 spiro atoms. The lowest BCUT2D eigenvalue weighted by atomic mass is 9.78. The summed E-state index contributed by atoms with van der Waals surface area (Å²) in [5.74, 6) is -0.753. The minimum Gasteiger partial charge on any atom is -0.496 e. The van der Waals surface area contributed by atoms with E-state index in [1.165, 1.54) is 12.3 Å². The number of hydrogen-bond donors (Lipinski definition) is 1. The molecule has 0 amide bonds. The number of aliphatic hydroxyl groups is 1. The Morgan fingerprint density at radius 1 is 1.26 bits per heavy atom. The second-order valence-corrected chi connectivity index (χ2v) is 5.12. The molecule has 1 aliphatic carbocycles. The molecule has 1 fully saturated rings. The van der Waals surface area contributed by atoms with Gasteiger partial charge in [0.05, 0.1) is 23.9 Å². The third kappa shape index (κ3) is 2.16. The predicted molar refractivity (Wildman–Crippen MR) is 67.6 cm³/mol. The number of halogens is 1. The Labute approximate surface area is 110 Å². The Bertz CT molecular complexity index is 538. The number of Topliss-reactive ketones (excluding diaryl/α,β-unsaturated/α-hetero) is 1. The first-order valence-corrected chi connectivity index (χ1v) is 6.49. The van der Waals surface area contributed by atoms with E-state index >= 15 is 0 Å². The summed E-state index contributed by atoms with van der Waals surface area (Å²) in [4.78, 5) is 12.4. The van der Waals surface area contributed by atoms with Crippen LogP contribution in [0.2, 0.25) is 0 Å². The summed E-state index contributed by atoms with van der Waals surface area (Å²) in [7, 11) is 0. The van der Waals surface area contributed by atoms with Crippen LogP contribution < -0.4 is 0 Å². The van der Waals surface area contributed by atoms with Crippen LogP contribution >= 0.6 is 0 Å². The average Bonchev–Trinajstić information content (AvgIpc) is 2.40. The zero-order valence-corrected chi connectivity index (χ0v) is 10.4. The smallest absolute Gasteiger partial charge is 0.173 e. The van der Waals surface area contributed by atoms with E-state index in [2.05, 4.69) is 0 Å². The summed E-state index contributed by atoms with van der Waals surface area (Å²) in [6, 6.07) is 6.21. The number of ether oxygens (including phenoxy) is 1. The highest BCUT2D eigenvalue weighted by atomic mass is 19.1. The lowest BCUT2D eigenvalue weighted by Gasteiger charge is -2.36. The van der Waals surface area contributed by atoms with Crippen molar-refractivity contribution in [3.63, 3.8) is 0 Å². The van der Waals surface area contributed by atoms with Gasteiger partial charge in [-0.2, -0.15) is 0 Å². The summed E-state index contributed by atoms with van der Waals surface area (Å²) in [5, 5.41) is 9.59. The Kier molecular flexibility index (Phi) is 3.11. The number of fused-ring (bicyclic) bond motifs is 1. The Balaban J connectivity index is 1.93. The van der Waals surface area contributed by atoms with Crippen LogP contribution in [0.4, 0.5) is 4.39 Å². The molecule has 1 N–H and O–H groups in total. The lowest BCUT2D eigenvalue weighted by Crippen LogP contribution is -2.40. The molecule has 4 heteroatoms. The van der Waals surface area contributed by atoms with Gasteiger partial charge in [-0.05, 0) is 18.9 Å². The van der Waals surface area contributed by atoms with Crippen LogP contribution in [0.15, 0.2) is 30.5 Å². The maximum atomic E-state index is 13.7. The summed E-state index contributed by atoms with van der Waals surface area (Å²) in [6.45, 7) is 0. The fraction of sp³-hybridized carbons (Fsp3) is 0.400. The van der Waals surface area contributed by atoms with Gasteiger partial charge in [-0.15, -0.1) is 0 Å². The second kappa shape index (κ2) is 4.78. The van der Waals surface area contributed by atoms with Crippen molar-refractivity contribution < 1.29 is 19.0 Å². The quantitative estimate of drug-likeness (QED) is 0.844. The van der Waals surface area contributed by atoms with Crippen molar-refractivity contribution in [1.29, 1.82) is 0 Å². The number of allylic oxidation sites excluding steroid dienone is 1. The van der Waals surface area contributed by atoms with Crippen molar-refractivity contribution in [2.45, 2.75) is 31.5 Å². The van der Waals surface area contributed by atoms with Crippen LogP contribution in [0.5, 0.6) is 0 Å². The molecule has 1 aromatic carbocycles. The topological polar surface area (TPSA) is 46.5 Å². The second-order valence-electron chi connectivity index (χ2n) is 5.12. The molecule has 1 aromatic rings. The van der Waals surface area contributed by atoms with Crippen LogP contribution in [-0.2, 0) is 9.53 Å². The number of hydrogen-bond acceptors (Lipinski definition) is 3. The molecular weight excluding hydrogens is 247 g/mol. The van der Waals surface area contributed by atoms with Gasteiger partial charge in [-0.1, -0.05) is 18.2 Å². The molecule has 3 nitrogen and oxygen atoms in total. The molecule has 100 valence electrons. The maximum Gasteiger partial charge on any atom is 0.173 e. The van der Waals surface area contributed by atoms with Gasteiger partial charge in [0.1, 0.15) is 11.9 Å². The van der Waals surface area contributed by atoms with Crippen LogP contribution in [0.1, 0.15) is 24.8 Å². The number of aliphatic hydroxyl groups excluding tert-OH is 1. The SMILES string of the molecule is O=C1C(c2ccccc2F)=COC2CC(O)CCC12. The molecule has 19 heavy (non-hydrogen) atoms. The van der Waals surface area contributed by atoms with Gasteiger partial charge in [-0.25, -0.2) is 4.39 Å². The Hall–Kier alpha value is -1.68. The molecule has 1 heterocycles. The van der Waals surface area contributed by atoms with Crippen molar-refractivity contribution in [3.8, 4) is 0 Å². The molecule has 3 unspecified atom stereocenters. The molecule has 0 radical (unpaired) electrons. The van der Waals surface area contributed by atoms with Gasteiger partial charge in [0, 0.05) is 12.0 Å². The highest BCUT2D eigenvalue weighted by molar-refractivity contribution is 6.22. The fourth-order valence-corrected chi connectivity index (χ4v) is 2.85. The molecule has 0 bridgehead atoms. The number of carbonyl (C=O) groups excluding carboxylic acids is 1.